The molecule has 0 spiro atoms. The number of carbonyl (C=O) groups excluding carboxylic acids is 1. The van der Waals surface area contributed by atoms with Crippen LogP contribution in [0.5, 0.6) is 0 Å². The molecule has 1 amide bonds. The number of halogens is 1. The molecule has 6 N–H and O–H groups in total. The summed E-state index contributed by atoms with van der Waals surface area (Å²) < 4.78 is 1.73. The molecule has 11 heteroatoms. The number of fused-ring (bicyclic) bond motifs is 2. The first-order valence-corrected chi connectivity index (χ1v) is 12.9. The van der Waals surface area contributed by atoms with Crippen LogP contribution in [0, 0.1) is 23.2 Å². The van der Waals surface area contributed by atoms with Crippen LogP contribution in [-0.2, 0) is 11.3 Å². The van der Waals surface area contributed by atoms with E-state index < -0.39 is 23.7 Å². The molecule has 2 fully saturated rings. The highest BCUT2D eigenvalue weighted by molar-refractivity contribution is 6.30. The van der Waals surface area contributed by atoms with E-state index in [1.165, 1.54) is 7.05 Å². The van der Waals surface area contributed by atoms with E-state index in [0.717, 1.165) is 11.1 Å². The SMILES string of the molecule is CNC(=O)[C@]12CC1[C@@H](n1cnc3c(NCc4cccc(Cl)c4)nc(C#Cc4ccc(N)cc4)nc31)C(O)[C@@H]2O. The number of aliphatic hydroxyl groups excluding tert-OH is 2. The molecule has 39 heavy (non-hydrogen) atoms. The highest BCUT2D eigenvalue weighted by Crippen LogP contribution is 2.67. The number of anilines is 2. The fourth-order valence-corrected chi connectivity index (χ4v) is 5.84. The number of carbonyl (C=O) groups is 1. The molecule has 10 nitrogen and oxygen atoms in total. The van der Waals surface area contributed by atoms with Gasteiger partial charge < -0.3 is 31.1 Å². The summed E-state index contributed by atoms with van der Waals surface area (Å²) in [5.74, 6) is 6.24. The summed E-state index contributed by atoms with van der Waals surface area (Å²) in [7, 11) is 1.53. The smallest absolute Gasteiger partial charge is 0.229 e. The van der Waals surface area contributed by atoms with E-state index in [2.05, 4.69) is 37.4 Å². The monoisotopic (exact) mass is 543 g/mol. The topological polar surface area (TPSA) is 151 Å². The van der Waals surface area contributed by atoms with Crippen molar-refractivity contribution in [2.45, 2.75) is 31.2 Å². The second-order valence-electron chi connectivity index (χ2n) is 9.93. The van der Waals surface area contributed by atoms with E-state index in [4.69, 9.17) is 17.3 Å². The molecule has 2 aliphatic rings. The summed E-state index contributed by atoms with van der Waals surface area (Å²) in [6.45, 7) is 0.428. The van der Waals surface area contributed by atoms with Crippen LogP contribution >= 0.6 is 11.6 Å². The molecule has 2 aromatic carbocycles. The highest BCUT2D eigenvalue weighted by Gasteiger charge is 2.75. The lowest BCUT2D eigenvalue weighted by molar-refractivity contribution is -0.132. The van der Waals surface area contributed by atoms with Gasteiger partial charge in [0, 0.05) is 35.8 Å². The first-order valence-electron chi connectivity index (χ1n) is 12.5. The molecule has 2 heterocycles. The van der Waals surface area contributed by atoms with Crippen LogP contribution in [0.25, 0.3) is 11.2 Å². The third-order valence-corrected chi connectivity index (χ3v) is 7.88. The average Bonchev–Trinajstić information content (AvgIpc) is 3.47. The van der Waals surface area contributed by atoms with Crippen LogP contribution in [0.4, 0.5) is 11.5 Å². The molecule has 2 saturated carbocycles. The third-order valence-electron chi connectivity index (χ3n) is 7.64. The lowest BCUT2D eigenvalue weighted by Gasteiger charge is -2.23. The molecule has 4 aromatic rings. The molecule has 2 unspecified atom stereocenters. The molecule has 0 bridgehead atoms. The summed E-state index contributed by atoms with van der Waals surface area (Å²) in [6.07, 6.45) is -0.332. The van der Waals surface area contributed by atoms with Crippen LogP contribution < -0.4 is 16.4 Å². The number of rotatable bonds is 5. The van der Waals surface area contributed by atoms with Gasteiger partial charge >= 0.3 is 0 Å². The van der Waals surface area contributed by atoms with Gasteiger partial charge in [0.1, 0.15) is 6.10 Å². The van der Waals surface area contributed by atoms with E-state index in [1.54, 1.807) is 29.1 Å². The van der Waals surface area contributed by atoms with Gasteiger partial charge in [-0.1, -0.05) is 29.7 Å². The molecule has 6 rings (SSSR count). The van der Waals surface area contributed by atoms with Gasteiger partial charge in [0.25, 0.3) is 0 Å². The first kappa shape index (κ1) is 25.1. The zero-order valence-corrected chi connectivity index (χ0v) is 21.7. The van der Waals surface area contributed by atoms with Crippen molar-refractivity contribution in [1.29, 1.82) is 0 Å². The summed E-state index contributed by atoms with van der Waals surface area (Å²) in [4.78, 5) is 26.5. The van der Waals surface area contributed by atoms with Gasteiger partial charge in [-0.3, -0.25) is 4.79 Å². The van der Waals surface area contributed by atoms with Gasteiger partial charge in [0.15, 0.2) is 17.0 Å². The van der Waals surface area contributed by atoms with Crippen LogP contribution in [-0.4, -0.2) is 54.9 Å². The number of nitrogens with one attached hydrogen (secondary N) is 2. The Labute approximate surface area is 229 Å². The van der Waals surface area contributed by atoms with Crippen LogP contribution in [0.1, 0.15) is 29.4 Å². The quantitative estimate of drug-likeness (QED) is 0.190. The fourth-order valence-electron chi connectivity index (χ4n) is 5.63. The van der Waals surface area contributed by atoms with Crippen LogP contribution in [0.2, 0.25) is 5.02 Å². The van der Waals surface area contributed by atoms with Gasteiger partial charge in [-0.15, -0.1) is 0 Å². The van der Waals surface area contributed by atoms with Gasteiger partial charge in [-0.25, -0.2) is 15.0 Å². The molecule has 2 aromatic heterocycles. The van der Waals surface area contributed by atoms with E-state index >= 15 is 0 Å². The maximum absolute atomic E-state index is 12.6. The Hall–Kier alpha value is -4.17. The Bertz CT molecular complexity index is 1640. The Balaban J connectivity index is 1.41. The van der Waals surface area contributed by atoms with Crippen molar-refractivity contribution in [3.8, 4) is 11.8 Å². The standard InChI is InChI=1S/C28H26ClN7O3/c1-31-27(39)28-12-19(28)22(23(37)24(28)38)36-14-33-21-25(32-13-16-3-2-4-17(29)11-16)34-20(35-26(21)36)10-7-15-5-8-18(30)9-6-15/h2-6,8-9,11,14,19,22-24,37-38H,12-13,30H2,1H3,(H,31,39)(H,32,34,35)/t19?,22-,23?,24+,28-/m1/s1. The van der Waals surface area contributed by atoms with Gasteiger partial charge in [0.2, 0.25) is 11.7 Å². The zero-order valence-electron chi connectivity index (χ0n) is 21.0. The molecule has 0 aliphatic heterocycles. The van der Waals surface area contributed by atoms with Crippen molar-refractivity contribution in [1.82, 2.24) is 24.8 Å². The number of nitrogens with zero attached hydrogens (tertiary/aromatic N) is 4. The first-order chi connectivity index (χ1) is 18.8. The minimum Gasteiger partial charge on any atom is -0.399 e. The highest BCUT2D eigenvalue weighted by atomic mass is 35.5. The van der Waals surface area contributed by atoms with Gasteiger partial charge in [-0.2, -0.15) is 0 Å². The van der Waals surface area contributed by atoms with Crippen molar-refractivity contribution in [2.24, 2.45) is 11.3 Å². The molecular formula is C28H26ClN7O3. The number of aliphatic hydroxyl groups is 2. The molecular weight excluding hydrogens is 518 g/mol. The van der Waals surface area contributed by atoms with Crippen molar-refractivity contribution < 1.29 is 15.0 Å². The Morgan fingerprint density at radius 1 is 1.21 bits per heavy atom. The summed E-state index contributed by atoms with van der Waals surface area (Å²) in [6, 6.07) is 14.0. The zero-order chi connectivity index (χ0) is 27.3. The minimum atomic E-state index is -1.20. The van der Waals surface area contributed by atoms with E-state index in [-0.39, 0.29) is 17.6 Å². The maximum atomic E-state index is 12.6. The van der Waals surface area contributed by atoms with Gasteiger partial charge in [-0.05, 0) is 54.3 Å². The van der Waals surface area contributed by atoms with Crippen molar-refractivity contribution in [3.63, 3.8) is 0 Å². The number of nitrogen functional groups attached to an aromatic ring is 1. The van der Waals surface area contributed by atoms with Gasteiger partial charge in [0.05, 0.1) is 23.9 Å². The summed E-state index contributed by atoms with van der Waals surface area (Å²) in [5, 5.41) is 28.4. The normalized spacial score (nSPS) is 25.0. The largest absolute Gasteiger partial charge is 0.399 e. The van der Waals surface area contributed by atoms with Crippen molar-refractivity contribution >= 4 is 40.2 Å². The predicted molar refractivity (Wildman–Crippen MR) is 147 cm³/mol. The molecule has 2 aliphatic carbocycles. The minimum absolute atomic E-state index is 0.246. The Kier molecular flexibility index (Phi) is 6.14. The fraction of sp³-hybridized carbons (Fsp3) is 0.286. The van der Waals surface area contributed by atoms with Crippen molar-refractivity contribution in [3.05, 3.63) is 76.8 Å². The lowest BCUT2D eigenvalue weighted by atomic mass is 9.98. The Morgan fingerprint density at radius 3 is 2.74 bits per heavy atom. The number of aromatic nitrogens is 4. The maximum Gasteiger partial charge on any atom is 0.229 e. The lowest BCUT2D eigenvalue weighted by Crippen LogP contribution is -2.41. The molecule has 0 saturated heterocycles. The second-order valence-corrected chi connectivity index (χ2v) is 10.4. The molecule has 5 atom stereocenters. The number of benzene rings is 2. The van der Waals surface area contributed by atoms with Crippen LogP contribution in [0.3, 0.4) is 0 Å². The third kappa shape index (κ3) is 4.25. The average molecular weight is 544 g/mol. The number of imidazole rings is 1. The predicted octanol–water partition coefficient (Wildman–Crippen LogP) is 2.10. The number of nitrogens with two attached hydrogens (primary N) is 1. The Morgan fingerprint density at radius 2 is 2.00 bits per heavy atom. The molecule has 198 valence electrons. The second kappa shape index (κ2) is 9.54. The molecule has 0 radical (unpaired) electrons. The summed E-state index contributed by atoms with van der Waals surface area (Å²) in [5.41, 5.74) is 8.02. The summed E-state index contributed by atoms with van der Waals surface area (Å²) >= 11 is 6.15. The number of hydrogen-bond donors (Lipinski definition) is 5. The van der Waals surface area contributed by atoms with Crippen molar-refractivity contribution in [2.75, 3.05) is 18.1 Å². The van der Waals surface area contributed by atoms with E-state index in [1.807, 2.05) is 30.3 Å². The number of hydrogen-bond acceptors (Lipinski definition) is 8. The van der Waals surface area contributed by atoms with Crippen LogP contribution in [0.15, 0.2) is 54.9 Å². The number of amides is 1. The van der Waals surface area contributed by atoms with E-state index in [9.17, 15) is 15.0 Å². The van der Waals surface area contributed by atoms with E-state index in [0.29, 0.717) is 40.7 Å².